The van der Waals surface area contributed by atoms with Crippen LogP contribution in [0.4, 0.5) is 0 Å². The SMILES string of the molecule is CCOc1ccccc1C(=O)NC(=S)NNC(=O)c1ccc(OC)c(Br)c1. The number of carbonyl (C=O) groups excluding carboxylic acids is 2. The molecule has 0 radical (unpaired) electrons. The quantitative estimate of drug-likeness (QED) is 0.478. The number of para-hydroxylation sites is 1. The molecule has 0 atom stereocenters. The highest BCUT2D eigenvalue weighted by Gasteiger charge is 2.14. The van der Waals surface area contributed by atoms with Crippen LogP contribution in [0.15, 0.2) is 46.9 Å². The standard InChI is InChI=1S/C18H18BrN3O4S/c1-3-26-14-7-5-4-6-12(14)17(24)20-18(27)22-21-16(23)11-8-9-15(25-2)13(19)10-11/h4-10H,3H2,1-2H3,(H,21,23)(H2,20,22,24,27). The summed E-state index contributed by atoms with van der Waals surface area (Å²) in [6.45, 7) is 2.26. The van der Waals surface area contributed by atoms with Crippen molar-refractivity contribution in [1.29, 1.82) is 0 Å². The molecule has 2 amide bonds. The van der Waals surface area contributed by atoms with Crippen LogP contribution in [0, 0.1) is 0 Å². The first-order valence-corrected chi connectivity index (χ1v) is 9.13. The van der Waals surface area contributed by atoms with E-state index in [0.717, 1.165) is 0 Å². The molecule has 27 heavy (non-hydrogen) atoms. The Hall–Kier alpha value is -2.65. The van der Waals surface area contributed by atoms with Gasteiger partial charge in [-0.15, -0.1) is 0 Å². The van der Waals surface area contributed by atoms with Crippen LogP contribution >= 0.6 is 28.1 Å². The molecule has 0 bridgehead atoms. The molecular formula is C18H18BrN3O4S. The van der Waals surface area contributed by atoms with E-state index in [9.17, 15) is 9.59 Å². The van der Waals surface area contributed by atoms with Gasteiger partial charge in [-0.05, 0) is 65.4 Å². The second-order valence-electron chi connectivity index (χ2n) is 5.14. The topological polar surface area (TPSA) is 88.7 Å². The van der Waals surface area contributed by atoms with Gasteiger partial charge in [0.25, 0.3) is 11.8 Å². The van der Waals surface area contributed by atoms with Crippen molar-refractivity contribution in [2.75, 3.05) is 13.7 Å². The van der Waals surface area contributed by atoms with Crippen LogP contribution < -0.4 is 25.6 Å². The number of halogens is 1. The molecule has 7 nitrogen and oxygen atoms in total. The Labute approximate surface area is 170 Å². The van der Waals surface area contributed by atoms with Crippen molar-refractivity contribution in [3.63, 3.8) is 0 Å². The Morgan fingerprint density at radius 2 is 1.81 bits per heavy atom. The van der Waals surface area contributed by atoms with Gasteiger partial charge in [0, 0.05) is 5.56 Å². The van der Waals surface area contributed by atoms with Gasteiger partial charge in [0.1, 0.15) is 11.5 Å². The largest absolute Gasteiger partial charge is 0.496 e. The number of thiocarbonyl (C=S) groups is 1. The molecule has 2 aromatic carbocycles. The zero-order chi connectivity index (χ0) is 19.8. The summed E-state index contributed by atoms with van der Waals surface area (Å²) >= 11 is 8.36. The van der Waals surface area contributed by atoms with Crippen molar-refractivity contribution >= 4 is 45.1 Å². The zero-order valence-corrected chi connectivity index (χ0v) is 17.1. The summed E-state index contributed by atoms with van der Waals surface area (Å²) in [4.78, 5) is 24.5. The molecule has 2 rings (SSSR count). The number of carbonyl (C=O) groups is 2. The zero-order valence-electron chi connectivity index (χ0n) is 14.7. The average Bonchev–Trinajstić information content (AvgIpc) is 2.66. The van der Waals surface area contributed by atoms with Gasteiger partial charge in [-0.3, -0.25) is 25.8 Å². The second kappa shape index (κ2) is 9.89. The Bertz CT molecular complexity index is 860. The molecule has 0 aliphatic carbocycles. The van der Waals surface area contributed by atoms with Gasteiger partial charge in [0.2, 0.25) is 0 Å². The molecular weight excluding hydrogens is 434 g/mol. The van der Waals surface area contributed by atoms with Crippen LogP contribution in [0.2, 0.25) is 0 Å². The predicted octanol–water partition coefficient (Wildman–Crippen LogP) is 2.81. The number of hydrogen-bond donors (Lipinski definition) is 3. The molecule has 0 spiro atoms. The highest BCUT2D eigenvalue weighted by molar-refractivity contribution is 9.10. The Kier molecular flexibility index (Phi) is 7.56. The maximum Gasteiger partial charge on any atom is 0.269 e. The minimum atomic E-state index is -0.446. The van der Waals surface area contributed by atoms with Crippen LogP contribution in [-0.4, -0.2) is 30.6 Å². The van der Waals surface area contributed by atoms with E-state index in [4.69, 9.17) is 21.7 Å². The van der Waals surface area contributed by atoms with Crippen molar-refractivity contribution in [2.45, 2.75) is 6.92 Å². The monoisotopic (exact) mass is 451 g/mol. The van der Waals surface area contributed by atoms with E-state index in [2.05, 4.69) is 32.1 Å². The normalized spacial score (nSPS) is 9.89. The number of hydrazine groups is 1. The lowest BCUT2D eigenvalue weighted by Gasteiger charge is -2.13. The van der Waals surface area contributed by atoms with Gasteiger partial charge < -0.3 is 9.47 Å². The second-order valence-corrected chi connectivity index (χ2v) is 6.40. The first-order valence-electron chi connectivity index (χ1n) is 7.93. The van der Waals surface area contributed by atoms with Crippen LogP contribution in [0.25, 0.3) is 0 Å². The fraction of sp³-hybridized carbons (Fsp3) is 0.167. The van der Waals surface area contributed by atoms with E-state index in [1.54, 1.807) is 42.5 Å². The van der Waals surface area contributed by atoms with Crippen LogP contribution in [-0.2, 0) is 0 Å². The van der Waals surface area contributed by atoms with E-state index in [-0.39, 0.29) is 5.11 Å². The van der Waals surface area contributed by atoms with E-state index in [1.807, 2.05) is 6.92 Å². The van der Waals surface area contributed by atoms with Gasteiger partial charge in [-0.2, -0.15) is 0 Å². The van der Waals surface area contributed by atoms with Gasteiger partial charge >= 0.3 is 0 Å². The summed E-state index contributed by atoms with van der Waals surface area (Å²) in [5.41, 5.74) is 5.64. The third-order valence-corrected chi connectivity index (χ3v) is 4.19. The highest BCUT2D eigenvalue weighted by atomic mass is 79.9. The molecule has 0 aliphatic rings. The smallest absolute Gasteiger partial charge is 0.269 e. The fourth-order valence-corrected chi connectivity index (χ4v) is 2.82. The molecule has 2 aromatic rings. The number of amides is 2. The maximum atomic E-state index is 12.3. The molecule has 0 saturated heterocycles. The number of rotatable bonds is 5. The van der Waals surface area contributed by atoms with Crippen LogP contribution in [0.3, 0.4) is 0 Å². The van der Waals surface area contributed by atoms with Gasteiger partial charge in [-0.1, -0.05) is 12.1 Å². The predicted molar refractivity (Wildman–Crippen MR) is 109 cm³/mol. The molecule has 0 aliphatic heterocycles. The van der Waals surface area contributed by atoms with Gasteiger partial charge in [0.15, 0.2) is 5.11 Å². The lowest BCUT2D eigenvalue weighted by molar-refractivity contribution is 0.0933. The third kappa shape index (κ3) is 5.66. The maximum absolute atomic E-state index is 12.3. The summed E-state index contributed by atoms with van der Waals surface area (Å²) in [5.74, 6) is 0.185. The van der Waals surface area contributed by atoms with Gasteiger partial charge in [-0.25, -0.2) is 0 Å². The summed E-state index contributed by atoms with van der Waals surface area (Å²) in [5, 5.41) is 2.44. The number of hydrogen-bond acceptors (Lipinski definition) is 5. The number of methoxy groups -OCH3 is 1. The molecule has 0 fully saturated rings. The Morgan fingerprint density at radius 3 is 2.48 bits per heavy atom. The Morgan fingerprint density at radius 1 is 1.07 bits per heavy atom. The summed E-state index contributed by atoms with van der Waals surface area (Å²) in [6.07, 6.45) is 0. The van der Waals surface area contributed by atoms with E-state index in [0.29, 0.717) is 33.7 Å². The van der Waals surface area contributed by atoms with E-state index in [1.165, 1.54) is 7.11 Å². The van der Waals surface area contributed by atoms with Gasteiger partial charge in [0.05, 0.1) is 23.8 Å². The van der Waals surface area contributed by atoms with Crippen molar-refractivity contribution < 1.29 is 19.1 Å². The molecule has 9 heteroatoms. The van der Waals surface area contributed by atoms with Crippen molar-refractivity contribution in [3.8, 4) is 11.5 Å². The van der Waals surface area contributed by atoms with E-state index >= 15 is 0 Å². The minimum absolute atomic E-state index is 0.0489. The van der Waals surface area contributed by atoms with E-state index < -0.39 is 11.8 Å². The van der Waals surface area contributed by atoms with Crippen molar-refractivity contribution in [3.05, 3.63) is 58.1 Å². The van der Waals surface area contributed by atoms with Crippen LogP contribution in [0.1, 0.15) is 27.6 Å². The minimum Gasteiger partial charge on any atom is -0.496 e. The fourth-order valence-electron chi connectivity index (χ4n) is 2.13. The van der Waals surface area contributed by atoms with Crippen LogP contribution in [0.5, 0.6) is 11.5 Å². The average molecular weight is 452 g/mol. The Balaban J connectivity index is 1.93. The third-order valence-electron chi connectivity index (χ3n) is 3.36. The molecule has 0 heterocycles. The highest BCUT2D eigenvalue weighted by Crippen LogP contribution is 2.25. The molecule has 0 unspecified atom stereocenters. The summed E-state index contributed by atoms with van der Waals surface area (Å²) in [7, 11) is 1.53. The van der Waals surface area contributed by atoms with Crippen molar-refractivity contribution in [2.24, 2.45) is 0 Å². The lowest BCUT2D eigenvalue weighted by Crippen LogP contribution is -2.48. The van der Waals surface area contributed by atoms with Crippen molar-refractivity contribution in [1.82, 2.24) is 16.2 Å². The first-order chi connectivity index (χ1) is 13.0. The number of benzene rings is 2. The molecule has 142 valence electrons. The summed E-state index contributed by atoms with van der Waals surface area (Å²) < 4.78 is 11.2. The molecule has 0 aromatic heterocycles. The lowest BCUT2D eigenvalue weighted by atomic mass is 10.2. The first kappa shape index (κ1) is 20.7. The number of nitrogens with one attached hydrogen (secondary N) is 3. The molecule has 3 N–H and O–H groups in total. The number of ether oxygens (including phenoxy) is 2. The molecule has 0 saturated carbocycles. The summed E-state index contributed by atoms with van der Waals surface area (Å²) in [6, 6.07) is 11.7.